The van der Waals surface area contributed by atoms with Gasteiger partial charge in [-0.15, -0.1) is 0 Å². The van der Waals surface area contributed by atoms with Gasteiger partial charge in [-0.05, 0) is 45.7 Å². The maximum absolute atomic E-state index is 12.6. The Bertz CT molecular complexity index is 661. The van der Waals surface area contributed by atoms with Crippen molar-refractivity contribution in [3.63, 3.8) is 0 Å². The van der Waals surface area contributed by atoms with Gasteiger partial charge in [0.05, 0.1) is 12.1 Å². The average Bonchev–Trinajstić information content (AvgIpc) is 2.58. The van der Waals surface area contributed by atoms with E-state index in [4.69, 9.17) is 0 Å². The number of carbonyl (C=O) groups excluding carboxylic acids is 2. The predicted molar refractivity (Wildman–Crippen MR) is 95.1 cm³/mol. The van der Waals surface area contributed by atoms with Crippen LogP contribution in [0.5, 0.6) is 0 Å². The molecule has 0 aliphatic carbocycles. The smallest absolute Gasteiger partial charge is 0.357 e. The minimum absolute atomic E-state index is 0.0726. The van der Waals surface area contributed by atoms with Crippen molar-refractivity contribution in [1.82, 2.24) is 15.6 Å². The first-order valence-corrected chi connectivity index (χ1v) is 8.82. The van der Waals surface area contributed by atoms with Crippen molar-refractivity contribution in [1.29, 1.82) is 0 Å². The van der Waals surface area contributed by atoms with Gasteiger partial charge in [-0.2, -0.15) is 13.2 Å². The number of rotatable bonds is 4. The van der Waals surface area contributed by atoms with Crippen LogP contribution in [0.1, 0.15) is 39.2 Å². The maximum Gasteiger partial charge on any atom is 0.417 e. The lowest BCUT2D eigenvalue weighted by Gasteiger charge is -2.32. The Balaban J connectivity index is 1.81. The van der Waals surface area contributed by atoms with Crippen LogP contribution in [-0.4, -0.2) is 42.0 Å². The number of pyridine rings is 1. The fraction of sp³-hybridized carbons (Fsp3) is 0.611. The fourth-order valence-corrected chi connectivity index (χ4v) is 2.89. The van der Waals surface area contributed by atoms with Gasteiger partial charge in [-0.3, -0.25) is 9.59 Å². The predicted octanol–water partition coefficient (Wildman–Crippen LogP) is 2.35. The molecule has 2 rings (SSSR count). The molecule has 0 aromatic carbocycles. The van der Waals surface area contributed by atoms with Crippen LogP contribution in [0.15, 0.2) is 18.3 Å². The summed E-state index contributed by atoms with van der Waals surface area (Å²) in [7, 11) is 0. The molecule has 27 heavy (non-hydrogen) atoms. The minimum atomic E-state index is -4.41. The van der Waals surface area contributed by atoms with Crippen LogP contribution in [0.25, 0.3) is 0 Å². The molecule has 1 aliphatic rings. The summed E-state index contributed by atoms with van der Waals surface area (Å²) >= 11 is 0. The summed E-state index contributed by atoms with van der Waals surface area (Å²) in [6.45, 7) is 6.54. The third-order valence-corrected chi connectivity index (χ3v) is 4.20. The molecule has 0 saturated carbocycles. The number of anilines is 1. The summed E-state index contributed by atoms with van der Waals surface area (Å²) in [5, 5.41) is 5.41. The highest BCUT2D eigenvalue weighted by molar-refractivity contribution is 5.86. The first-order valence-electron chi connectivity index (χ1n) is 8.82. The number of amides is 2. The Labute approximate surface area is 156 Å². The van der Waals surface area contributed by atoms with E-state index in [9.17, 15) is 22.8 Å². The maximum atomic E-state index is 12.6. The minimum Gasteiger partial charge on any atom is -0.357 e. The van der Waals surface area contributed by atoms with Crippen LogP contribution in [0.2, 0.25) is 0 Å². The van der Waals surface area contributed by atoms with E-state index >= 15 is 0 Å². The molecule has 1 saturated heterocycles. The van der Waals surface area contributed by atoms with Crippen molar-refractivity contribution in [2.45, 2.75) is 45.3 Å². The Hall–Kier alpha value is -2.32. The van der Waals surface area contributed by atoms with E-state index < -0.39 is 11.7 Å². The average molecular weight is 386 g/mol. The summed E-state index contributed by atoms with van der Waals surface area (Å²) in [5.41, 5.74) is -1.14. The van der Waals surface area contributed by atoms with E-state index in [1.165, 1.54) is 6.07 Å². The highest BCUT2D eigenvalue weighted by atomic mass is 19.4. The van der Waals surface area contributed by atoms with Crippen LogP contribution in [0, 0.1) is 5.92 Å². The van der Waals surface area contributed by atoms with Gasteiger partial charge in [0.25, 0.3) is 0 Å². The lowest BCUT2D eigenvalue weighted by Crippen LogP contribution is -2.47. The molecule has 6 nitrogen and oxygen atoms in total. The third kappa shape index (κ3) is 6.41. The Morgan fingerprint density at radius 3 is 2.30 bits per heavy atom. The molecular weight excluding hydrogens is 361 g/mol. The lowest BCUT2D eigenvalue weighted by atomic mass is 9.96. The fourth-order valence-electron chi connectivity index (χ4n) is 2.89. The van der Waals surface area contributed by atoms with Gasteiger partial charge in [-0.1, -0.05) is 0 Å². The van der Waals surface area contributed by atoms with E-state index in [-0.39, 0.29) is 29.8 Å². The second-order valence-corrected chi connectivity index (χ2v) is 7.68. The number of hydrogen-bond acceptors (Lipinski definition) is 4. The van der Waals surface area contributed by atoms with Gasteiger partial charge < -0.3 is 15.5 Å². The van der Waals surface area contributed by atoms with E-state index in [0.717, 1.165) is 12.3 Å². The standard InChI is InChI=1S/C18H25F3N4O2/c1-17(2,3)24-15(26)11-23-16(27)12-6-8-25(9-7-12)14-5-4-13(10-22-14)18(19,20)21/h4-5,10,12H,6-9,11H2,1-3H3,(H,23,27)(H,24,26). The van der Waals surface area contributed by atoms with Crippen molar-refractivity contribution in [2.24, 2.45) is 5.92 Å². The van der Waals surface area contributed by atoms with Gasteiger partial charge in [0.1, 0.15) is 5.82 Å². The number of alkyl halides is 3. The molecule has 2 heterocycles. The SMILES string of the molecule is CC(C)(C)NC(=O)CNC(=O)C1CCN(c2ccc(C(F)(F)F)cn2)CC1. The van der Waals surface area contributed by atoms with E-state index in [1.807, 2.05) is 25.7 Å². The second kappa shape index (κ2) is 8.14. The van der Waals surface area contributed by atoms with Crippen LogP contribution in [-0.2, 0) is 15.8 Å². The van der Waals surface area contributed by atoms with E-state index in [1.54, 1.807) is 0 Å². The van der Waals surface area contributed by atoms with Crippen molar-refractivity contribution < 1.29 is 22.8 Å². The van der Waals surface area contributed by atoms with E-state index in [2.05, 4.69) is 15.6 Å². The molecule has 1 aliphatic heterocycles. The number of nitrogens with one attached hydrogen (secondary N) is 2. The number of piperidine rings is 1. The normalized spacial score (nSPS) is 16.1. The molecular formula is C18H25F3N4O2. The number of halogens is 3. The summed E-state index contributed by atoms with van der Waals surface area (Å²) in [6.07, 6.45) is -2.48. The summed E-state index contributed by atoms with van der Waals surface area (Å²) in [4.78, 5) is 29.7. The molecule has 150 valence electrons. The molecule has 2 N–H and O–H groups in total. The molecule has 1 aromatic rings. The molecule has 1 fully saturated rings. The number of hydrogen-bond donors (Lipinski definition) is 2. The quantitative estimate of drug-likeness (QED) is 0.833. The van der Waals surface area contributed by atoms with Crippen molar-refractivity contribution in [2.75, 3.05) is 24.5 Å². The van der Waals surface area contributed by atoms with E-state index in [0.29, 0.717) is 31.7 Å². The Kier molecular flexibility index (Phi) is 6.33. The summed E-state index contributed by atoms with van der Waals surface area (Å²) < 4.78 is 37.8. The molecule has 2 amide bonds. The highest BCUT2D eigenvalue weighted by Gasteiger charge is 2.31. The highest BCUT2D eigenvalue weighted by Crippen LogP contribution is 2.30. The monoisotopic (exact) mass is 386 g/mol. The zero-order valence-electron chi connectivity index (χ0n) is 15.7. The van der Waals surface area contributed by atoms with Crippen molar-refractivity contribution >= 4 is 17.6 Å². The van der Waals surface area contributed by atoms with Gasteiger partial charge >= 0.3 is 6.18 Å². The Morgan fingerprint density at radius 1 is 1.19 bits per heavy atom. The van der Waals surface area contributed by atoms with Gasteiger partial charge in [-0.25, -0.2) is 4.98 Å². The molecule has 1 aromatic heterocycles. The Morgan fingerprint density at radius 2 is 1.81 bits per heavy atom. The molecule has 0 bridgehead atoms. The first-order chi connectivity index (χ1) is 12.5. The number of nitrogens with zero attached hydrogens (tertiary/aromatic N) is 2. The summed E-state index contributed by atoms with van der Waals surface area (Å²) in [5.74, 6) is -0.189. The lowest BCUT2D eigenvalue weighted by molar-refractivity contribution is -0.137. The molecule has 0 radical (unpaired) electrons. The van der Waals surface area contributed by atoms with Crippen LogP contribution < -0.4 is 15.5 Å². The first kappa shape index (κ1) is 21.0. The number of aromatic nitrogens is 1. The molecule has 0 atom stereocenters. The van der Waals surface area contributed by atoms with Crippen LogP contribution >= 0.6 is 0 Å². The topological polar surface area (TPSA) is 74.3 Å². The summed E-state index contributed by atoms with van der Waals surface area (Å²) in [6, 6.07) is 2.36. The molecule has 0 spiro atoms. The van der Waals surface area contributed by atoms with Crippen LogP contribution in [0.4, 0.5) is 19.0 Å². The van der Waals surface area contributed by atoms with Crippen molar-refractivity contribution in [3.05, 3.63) is 23.9 Å². The second-order valence-electron chi connectivity index (χ2n) is 7.68. The number of carbonyl (C=O) groups is 2. The molecule has 0 unspecified atom stereocenters. The zero-order valence-corrected chi connectivity index (χ0v) is 15.7. The zero-order chi connectivity index (χ0) is 20.2. The molecule has 9 heteroatoms. The van der Waals surface area contributed by atoms with Crippen LogP contribution in [0.3, 0.4) is 0 Å². The third-order valence-electron chi connectivity index (χ3n) is 4.20. The van der Waals surface area contributed by atoms with Gasteiger partial charge in [0, 0.05) is 30.7 Å². The van der Waals surface area contributed by atoms with Gasteiger partial charge in [0.2, 0.25) is 11.8 Å². The van der Waals surface area contributed by atoms with Crippen molar-refractivity contribution in [3.8, 4) is 0 Å². The van der Waals surface area contributed by atoms with Gasteiger partial charge in [0.15, 0.2) is 0 Å². The largest absolute Gasteiger partial charge is 0.417 e.